The van der Waals surface area contributed by atoms with Gasteiger partial charge in [0.05, 0.1) is 14.2 Å². The Labute approximate surface area is 105 Å². The quantitative estimate of drug-likeness (QED) is 0.776. The van der Waals surface area contributed by atoms with Gasteiger partial charge in [-0.3, -0.25) is 4.68 Å². The molecule has 0 saturated heterocycles. The molecule has 0 aliphatic rings. The third-order valence-electron chi connectivity index (χ3n) is 2.60. The van der Waals surface area contributed by atoms with Gasteiger partial charge in [0, 0.05) is 18.8 Å². The van der Waals surface area contributed by atoms with E-state index in [-0.39, 0.29) is 0 Å². The van der Waals surface area contributed by atoms with Crippen molar-refractivity contribution in [1.82, 2.24) is 9.78 Å². The Morgan fingerprint density at radius 1 is 1.28 bits per heavy atom. The second-order valence-electron chi connectivity index (χ2n) is 3.76. The normalized spacial score (nSPS) is 10.2. The van der Waals surface area contributed by atoms with E-state index in [9.17, 15) is 4.79 Å². The predicted molar refractivity (Wildman–Crippen MR) is 66.5 cm³/mol. The van der Waals surface area contributed by atoms with Crippen LogP contribution in [0, 0.1) is 0 Å². The highest BCUT2D eigenvalue weighted by Gasteiger charge is 2.19. The van der Waals surface area contributed by atoms with E-state index in [0.29, 0.717) is 17.0 Å². The van der Waals surface area contributed by atoms with Gasteiger partial charge in [-0.1, -0.05) is 12.1 Å². The van der Waals surface area contributed by atoms with E-state index in [4.69, 9.17) is 9.47 Å². The topological polar surface area (TPSA) is 53.4 Å². The van der Waals surface area contributed by atoms with Gasteiger partial charge in [-0.25, -0.2) is 4.79 Å². The molecule has 0 aliphatic carbocycles. The summed E-state index contributed by atoms with van der Waals surface area (Å²) in [5.74, 6) is 0.255. The molecule has 5 heteroatoms. The van der Waals surface area contributed by atoms with Gasteiger partial charge < -0.3 is 9.47 Å². The minimum absolute atomic E-state index is 0.413. The smallest absolute Gasteiger partial charge is 0.341 e. The molecule has 0 amide bonds. The molecule has 0 atom stereocenters. The summed E-state index contributed by atoms with van der Waals surface area (Å²) in [5.41, 5.74) is 1.74. The third kappa shape index (κ3) is 2.07. The van der Waals surface area contributed by atoms with Gasteiger partial charge in [-0.05, 0) is 12.1 Å². The highest BCUT2D eigenvalue weighted by Crippen LogP contribution is 2.30. The van der Waals surface area contributed by atoms with Crippen molar-refractivity contribution in [2.24, 2.45) is 7.05 Å². The number of para-hydroxylation sites is 1. The number of ether oxygens (including phenoxy) is 2. The molecule has 0 aliphatic heterocycles. The second-order valence-corrected chi connectivity index (χ2v) is 3.76. The van der Waals surface area contributed by atoms with Crippen molar-refractivity contribution in [2.75, 3.05) is 14.2 Å². The summed E-state index contributed by atoms with van der Waals surface area (Å²) in [6, 6.07) is 7.41. The molecule has 0 saturated carbocycles. The Balaban J connectivity index is 2.60. The Bertz CT molecular complexity index is 575. The molecule has 2 aromatic rings. The van der Waals surface area contributed by atoms with E-state index >= 15 is 0 Å². The molecule has 0 radical (unpaired) electrons. The number of nitrogens with zero attached hydrogens (tertiary/aromatic N) is 2. The van der Waals surface area contributed by atoms with Crippen LogP contribution in [0.2, 0.25) is 0 Å². The standard InChI is InChI=1S/C13H14N2O3/c1-15-8-10(13(16)18-3)12(14-15)9-6-4-5-7-11(9)17-2/h4-8H,1-3H3. The van der Waals surface area contributed by atoms with Crippen LogP contribution in [-0.2, 0) is 11.8 Å². The summed E-state index contributed by atoms with van der Waals surface area (Å²) >= 11 is 0. The number of esters is 1. The van der Waals surface area contributed by atoms with Crippen LogP contribution in [-0.4, -0.2) is 30.0 Å². The zero-order valence-electron chi connectivity index (χ0n) is 10.5. The highest BCUT2D eigenvalue weighted by molar-refractivity contribution is 5.96. The average molecular weight is 246 g/mol. The monoisotopic (exact) mass is 246 g/mol. The van der Waals surface area contributed by atoms with Gasteiger partial charge in [-0.2, -0.15) is 5.10 Å². The van der Waals surface area contributed by atoms with Crippen LogP contribution in [0.4, 0.5) is 0 Å². The first-order valence-electron chi connectivity index (χ1n) is 5.42. The number of rotatable bonds is 3. The van der Waals surface area contributed by atoms with Crippen LogP contribution in [0.25, 0.3) is 11.3 Å². The summed E-state index contributed by atoms with van der Waals surface area (Å²) in [4.78, 5) is 11.7. The summed E-state index contributed by atoms with van der Waals surface area (Å²) in [6.07, 6.45) is 1.63. The lowest BCUT2D eigenvalue weighted by molar-refractivity contribution is 0.0601. The molecule has 5 nitrogen and oxygen atoms in total. The first kappa shape index (κ1) is 12.2. The second kappa shape index (κ2) is 4.91. The fourth-order valence-corrected chi connectivity index (χ4v) is 1.79. The first-order chi connectivity index (χ1) is 8.67. The molecule has 0 unspecified atom stereocenters. The Morgan fingerprint density at radius 2 is 2.00 bits per heavy atom. The number of benzene rings is 1. The predicted octanol–water partition coefficient (Wildman–Crippen LogP) is 1.88. The lowest BCUT2D eigenvalue weighted by Crippen LogP contribution is -2.02. The first-order valence-corrected chi connectivity index (χ1v) is 5.42. The SMILES string of the molecule is COC(=O)c1cn(C)nc1-c1ccccc1OC. The van der Waals surface area contributed by atoms with Crippen molar-refractivity contribution in [3.63, 3.8) is 0 Å². The van der Waals surface area contributed by atoms with Crippen LogP contribution < -0.4 is 4.74 Å². The van der Waals surface area contributed by atoms with Crippen molar-refractivity contribution >= 4 is 5.97 Å². The van der Waals surface area contributed by atoms with Crippen molar-refractivity contribution < 1.29 is 14.3 Å². The largest absolute Gasteiger partial charge is 0.496 e. The number of methoxy groups -OCH3 is 2. The average Bonchev–Trinajstić information content (AvgIpc) is 2.79. The molecule has 94 valence electrons. The number of carbonyl (C=O) groups is 1. The van der Waals surface area contributed by atoms with Gasteiger partial charge >= 0.3 is 5.97 Å². The van der Waals surface area contributed by atoms with Gasteiger partial charge in [0.25, 0.3) is 0 Å². The fraction of sp³-hybridized carbons (Fsp3) is 0.231. The fourth-order valence-electron chi connectivity index (χ4n) is 1.79. The maximum Gasteiger partial charge on any atom is 0.341 e. The van der Waals surface area contributed by atoms with Gasteiger partial charge in [-0.15, -0.1) is 0 Å². The van der Waals surface area contributed by atoms with E-state index < -0.39 is 5.97 Å². The molecule has 2 rings (SSSR count). The summed E-state index contributed by atoms with van der Waals surface area (Å²) in [7, 11) is 4.69. The van der Waals surface area contributed by atoms with Crippen LogP contribution >= 0.6 is 0 Å². The van der Waals surface area contributed by atoms with Crippen molar-refractivity contribution in [2.45, 2.75) is 0 Å². The van der Waals surface area contributed by atoms with E-state index in [1.807, 2.05) is 24.3 Å². The van der Waals surface area contributed by atoms with E-state index in [0.717, 1.165) is 5.56 Å². The molecule has 18 heavy (non-hydrogen) atoms. The molecular weight excluding hydrogens is 232 g/mol. The molecular formula is C13H14N2O3. The summed E-state index contributed by atoms with van der Waals surface area (Å²) in [5, 5.41) is 4.29. The number of carbonyl (C=O) groups excluding carboxylic acids is 1. The van der Waals surface area contributed by atoms with E-state index in [1.165, 1.54) is 7.11 Å². The molecule has 1 heterocycles. The maximum absolute atomic E-state index is 11.7. The lowest BCUT2D eigenvalue weighted by Gasteiger charge is -2.06. The number of hydrogen-bond acceptors (Lipinski definition) is 4. The van der Waals surface area contributed by atoms with Crippen LogP contribution in [0.15, 0.2) is 30.5 Å². The van der Waals surface area contributed by atoms with E-state index in [1.54, 1.807) is 25.0 Å². The Morgan fingerprint density at radius 3 is 2.67 bits per heavy atom. The zero-order chi connectivity index (χ0) is 13.1. The van der Waals surface area contributed by atoms with Gasteiger partial charge in [0.15, 0.2) is 0 Å². The molecule has 0 fully saturated rings. The molecule has 0 N–H and O–H groups in total. The third-order valence-corrected chi connectivity index (χ3v) is 2.60. The lowest BCUT2D eigenvalue weighted by atomic mass is 10.1. The van der Waals surface area contributed by atoms with Crippen molar-refractivity contribution in [1.29, 1.82) is 0 Å². The minimum Gasteiger partial charge on any atom is -0.496 e. The number of hydrogen-bond donors (Lipinski definition) is 0. The van der Waals surface area contributed by atoms with Gasteiger partial charge in [0.2, 0.25) is 0 Å². The van der Waals surface area contributed by atoms with Crippen LogP contribution in [0.1, 0.15) is 10.4 Å². The highest BCUT2D eigenvalue weighted by atomic mass is 16.5. The van der Waals surface area contributed by atoms with Crippen molar-refractivity contribution in [3.05, 3.63) is 36.0 Å². The van der Waals surface area contributed by atoms with Crippen molar-refractivity contribution in [3.8, 4) is 17.0 Å². The molecule has 0 bridgehead atoms. The maximum atomic E-state index is 11.7. The molecule has 1 aromatic heterocycles. The molecule has 1 aromatic carbocycles. The number of aryl methyl sites for hydroxylation is 1. The van der Waals surface area contributed by atoms with Gasteiger partial charge in [0.1, 0.15) is 17.0 Å². The molecule has 0 spiro atoms. The Hall–Kier alpha value is -2.30. The van der Waals surface area contributed by atoms with E-state index in [2.05, 4.69) is 5.10 Å². The summed E-state index contributed by atoms with van der Waals surface area (Å²) < 4.78 is 11.6. The zero-order valence-corrected chi connectivity index (χ0v) is 10.5. The van der Waals surface area contributed by atoms with Crippen LogP contribution in [0.3, 0.4) is 0 Å². The minimum atomic E-state index is -0.413. The Kier molecular flexibility index (Phi) is 3.32. The van der Waals surface area contributed by atoms with Crippen LogP contribution in [0.5, 0.6) is 5.75 Å². The summed E-state index contributed by atoms with van der Waals surface area (Å²) in [6.45, 7) is 0. The number of aromatic nitrogens is 2.